The van der Waals surface area contributed by atoms with Crippen molar-refractivity contribution < 1.29 is 25.3 Å². The fraction of sp³-hybridized carbons (Fsp3) is 0.714. The highest BCUT2D eigenvalue weighted by Gasteiger charge is 2.40. The lowest BCUT2D eigenvalue weighted by molar-refractivity contribution is -0.384. The monoisotopic (exact) mass is 423 g/mol. The zero-order valence-corrected chi connectivity index (χ0v) is 17.2. The van der Waals surface area contributed by atoms with Crippen LogP contribution in [0.2, 0.25) is 0 Å². The molecule has 3 rings (SSSR count). The number of rotatable bonds is 11. The summed E-state index contributed by atoms with van der Waals surface area (Å²) in [4.78, 5) is 12.8. The Morgan fingerprint density at radius 2 is 1.83 bits per heavy atom. The van der Waals surface area contributed by atoms with Gasteiger partial charge in [0.25, 0.3) is 5.69 Å². The van der Waals surface area contributed by atoms with Crippen molar-refractivity contribution >= 4 is 11.4 Å². The van der Waals surface area contributed by atoms with Crippen LogP contribution in [0.1, 0.15) is 50.0 Å². The number of nitro groups is 1. The average Bonchev–Trinajstić information content (AvgIpc) is 3.57. The number of aliphatic hydroxyl groups is 4. The second kappa shape index (κ2) is 10.5. The molecule has 0 amide bonds. The fourth-order valence-corrected chi connectivity index (χ4v) is 4.17. The third kappa shape index (κ3) is 5.67. The van der Waals surface area contributed by atoms with Gasteiger partial charge in [-0.2, -0.15) is 0 Å². The first-order valence-electron chi connectivity index (χ1n) is 10.8. The summed E-state index contributed by atoms with van der Waals surface area (Å²) in [6, 6.07) is 4.91. The first-order chi connectivity index (χ1) is 14.4. The lowest BCUT2D eigenvalue weighted by Crippen LogP contribution is -2.62. The smallest absolute Gasteiger partial charge is 0.292 e. The number of benzene rings is 1. The van der Waals surface area contributed by atoms with Crippen LogP contribution in [-0.2, 0) is 0 Å². The van der Waals surface area contributed by atoms with E-state index < -0.39 is 24.4 Å². The van der Waals surface area contributed by atoms with Crippen LogP contribution in [0.25, 0.3) is 0 Å². The topological polar surface area (TPSA) is 139 Å². The number of hydrogen-bond donors (Lipinski definition) is 5. The first kappa shape index (κ1) is 22.9. The number of aliphatic hydroxyl groups excluding tert-OH is 4. The molecule has 5 N–H and O–H groups in total. The molecule has 0 aromatic heterocycles. The number of unbranched alkanes of at least 4 members (excludes halogenated alkanes) is 3. The Morgan fingerprint density at radius 3 is 2.50 bits per heavy atom. The number of nitrogens with one attached hydrogen (secondary N) is 1. The highest BCUT2D eigenvalue weighted by Crippen LogP contribution is 2.42. The SMILES string of the molecule is O=[N+]([O-])c1cc(C2CC2)ccc1NCCCCCCN1C[C@H](O)[C@@H](O)[C@H](O)[C@H]1CO. The molecule has 0 unspecified atom stereocenters. The van der Waals surface area contributed by atoms with Gasteiger partial charge in [0.15, 0.2) is 0 Å². The summed E-state index contributed by atoms with van der Waals surface area (Å²) in [5.74, 6) is 0.480. The molecule has 1 aromatic rings. The van der Waals surface area contributed by atoms with Crippen molar-refractivity contribution in [3.63, 3.8) is 0 Å². The normalized spacial score (nSPS) is 27.2. The van der Waals surface area contributed by atoms with E-state index in [9.17, 15) is 30.5 Å². The fourth-order valence-electron chi connectivity index (χ4n) is 4.17. The van der Waals surface area contributed by atoms with Crippen molar-refractivity contribution in [3.05, 3.63) is 33.9 Å². The van der Waals surface area contributed by atoms with Crippen LogP contribution in [-0.4, -0.2) is 80.8 Å². The summed E-state index contributed by atoms with van der Waals surface area (Å²) in [7, 11) is 0. The molecule has 1 saturated heterocycles. The zero-order chi connectivity index (χ0) is 21.7. The van der Waals surface area contributed by atoms with Gasteiger partial charge >= 0.3 is 0 Å². The summed E-state index contributed by atoms with van der Waals surface area (Å²) in [6.07, 6.45) is 2.38. The highest BCUT2D eigenvalue weighted by atomic mass is 16.6. The van der Waals surface area contributed by atoms with E-state index in [1.54, 1.807) is 6.07 Å². The number of likely N-dealkylation sites (tertiary alicyclic amines) is 1. The maximum atomic E-state index is 11.4. The third-order valence-electron chi connectivity index (χ3n) is 6.17. The number of hydrogen-bond acceptors (Lipinski definition) is 8. The van der Waals surface area contributed by atoms with Crippen molar-refractivity contribution in [2.24, 2.45) is 0 Å². The molecule has 30 heavy (non-hydrogen) atoms. The predicted molar refractivity (Wildman–Crippen MR) is 112 cm³/mol. The average molecular weight is 424 g/mol. The largest absolute Gasteiger partial charge is 0.395 e. The van der Waals surface area contributed by atoms with Crippen molar-refractivity contribution in [1.82, 2.24) is 4.90 Å². The number of anilines is 1. The Labute approximate surface area is 176 Å². The van der Waals surface area contributed by atoms with Gasteiger partial charge in [0, 0.05) is 19.2 Å². The van der Waals surface area contributed by atoms with E-state index in [-0.39, 0.29) is 23.8 Å². The molecule has 4 atom stereocenters. The Morgan fingerprint density at radius 1 is 1.10 bits per heavy atom. The van der Waals surface area contributed by atoms with Crippen LogP contribution in [0.4, 0.5) is 11.4 Å². The predicted octanol–water partition coefficient (Wildman–Crippen LogP) is 1.20. The van der Waals surface area contributed by atoms with Gasteiger partial charge in [-0.25, -0.2) is 0 Å². The highest BCUT2D eigenvalue weighted by molar-refractivity contribution is 5.63. The van der Waals surface area contributed by atoms with E-state index in [0.29, 0.717) is 24.7 Å². The van der Waals surface area contributed by atoms with Gasteiger partial charge in [-0.15, -0.1) is 0 Å². The molecule has 9 nitrogen and oxygen atoms in total. The molecule has 1 heterocycles. The van der Waals surface area contributed by atoms with Crippen LogP contribution >= 0.6 is 0 Å². The second-order valence-corrected chi connectivity index (χ2v) is 8.44. The Bertz CT molecular complexity index is 714. The Balaban J connectivity index is 1.36. The van der Waals surface area contributed by atoms with Crippen LogP contribution < -0.4 is 5.32 Å². The summed E-state index contributed by atoms with van der Waals surface area (Å²) >= 11 is 0. The van der Waals surface area contributed by atoms with Gasteiger partial charge in [0.05, 0.1) is 23.7 Å². The minimum atomic E-state index is -1.23. The van der Waals surface area contributed by atoms with E-state index in [1.807, 2.05) is 17.0 Å². The van der Waals surface area contributed by atoms with Crippen LogP contribution in [0.3, 0.4) is 0 Å². The summed E-state index contributed by atoms with van der Waals surface area (Å²) in [5, 5.41) is 53.6. The van der Waals surface area contributed by atoms with E-state index >= 15 is 0 Å². The van der Waals surface area contributed by atoms with Gasteiger partial charge < -0.3 is 25.7 Å². The van der Waals surface area contributed by atoms with Crippen LogP contribution in [0.15, 0.2) is 18.2 Å². The zero-order valence-electron chi connectivity index (χ0n) is 17.2. The van der Waals surface area contributed by atoms with Gasteiger partial charge in [0.2, 0.25) is 0 Å². The molecular weight excluding hydrogens is 390 g/mol. The maximum Gasteiger partial charge on any atom is 0.292 e. The molecule has 1 aliphatic heterocycles. The minimum absolute atomic E-state index is 0.138. The molecule has 1 saturated carbocycles. The molecule has 1 aliphatic carbocycles. The quantitative estimate of drug-likeness (QED) is 0.203. The van der Waals surface area contributed by atoms with E-state index in [2.05, 4.69) is 5.32 Å². The van der Waals surface area contributed by atoms with Gasteiger partial charge in [-0.1, -0.05) is 18.9 Å². The van der Waals surface area contributed by atoms with Crippen molar-refractivity contribution in [1.29, 1.82) is 0 Å². The lowest BCUT2D eigenvalue weighted by atomic mass is 9.94. The van der Waals surface area contributed by atoms with Gasteiger partial charge in [-0.3, -0.25) is 15.0 Å². The molecule has 0 spiro atoms. The molecule has 2 fully saturated rings. The van der Waals surface area contributed by atoms with E-state index in [0.717, 1.165) is 44.1 Å². The molecule has 1 aromatic carbocycles. The summed E-state index contributed by atoms with van der Waals surface area (Å²) in [6.45, 7) is 1.22. The Hall–Kier alpha value is -1.78. The molecule has 9 heteroatoms. The van der Waals surface area contributed by atoms with Crippen LogP contribution in [0, 0.1) is 10.1 Å². The number of piperidine rings is 1. The maximum absolute atomic E-state index is 11.4. The van der Waals surface area contributed by atoms with E-state index in [1.165, 1.54) is 0 Å². The Kier molecular flexibility index (Phi) is 8.01. The number of nitrogens with zero attached hydrogens (tertiary/aromatic N) is 2. The van der Waals surface area contributed by atoms with E-state index in [4.69, 9.17) is 0 Å². The molecule has 2 aliphatic rings. The molecular formula is C21H33N3O6. The summed E-state index contributed by atoms with van der Waals surface area (Å²) in [5.41, 5.74) is 1.75. The van der Waals surface area contributed by atoms with Gasteiger partial charge in [-0.05, 0) is 49.8 Å². The third-order valence-corrected chi connectivity index (χ3v) is 6.17. The molecule has 0 bridgehead atoms. The van der Waals surface area contributed by atoms with Crippen molar-refractivity contribution in [2.45, 2.75) is 68.8 Å². The van der Waals surface area contributed by atoms with Crippen molar-refractivity contribution in [2.75, 3.05) is 31.6 Å². The minimum Gasteiger partial charge on any atom is -0.395 e. The molecule has 0 radical (unpaired) electrons. The molecule has 168 valence electrons. The summed E-state index contributed by atoms with van der Waals surface area (Å²) < 4.78 is 0. The van der Waals surface area contributed by atoms with Gasteiger partial charge in [0.1, 0.15) is 17.9 Å². The van der Waals surface area contributed by atoms with Crippen molar-refractivity contribution in [3.8, 4) is 0 Å². The standard InChI is InChI=1S/C21H33N3O6/c25-13-18-20(27)21(28)19(26)12-23(18)10-4-2-1-3-9-22-16-8-7-15(14-5-6-14)11-17(16)24(29)30/h7-8,11,14,18-22,25-28H,1-6,9-10,12-13H2/t18-,19+,20-,21-/m1/s1. The lowest BCUT2D eigenvalue weighted by Gasteiger charge is -2.43. The number of nitro benzene ring substituents is 1. The number of β-amino-alcohol motifs (C(OH)–C–C–N with tert-alkyl or cyclic N) is 1. The van der Waals surface area contributed by atoms with Crippen LogP contribution in [0.5, 0.6) is 0 Å². The first-order valence-corrected chi connectivity index (χ1v) is 10.8. The second-order valence-electron chi connectivity index (χ2n) is 8.44.